The Kier molecular flexibility index (Phi) is 10.6. The van der Waals surface area contributed by atoms with E-state index in [1.165, 1.54) is 11.6 Å². The number of aliphatic imine (C=N–C) groups is 2. The largest absolute Gasteiger partial charge is 0.504 e. The van der Waals surface area contributed by atoms with Crippen molar-refractivity contribution in [2.75, 3.05) is 0 Å². The Hall–Kier alpha value is -2.74. The maximum absolute atomic E-state index is 8.98. The maximum atomic E-state index is 8.98. The van der Waals surface area contributed by atoms with Gasteiger partial charge in [-0.25, -0.2) is 0 Å². The van der Waals surface area contributed by atoms with E-state index in [9.17, 15) is 0 Å². The predicted octanol–water partition coefficient (Wildman–Crippen LogP) is 6.15. The zero-order valence-electron chi connectivity index (χ0n) is 16.8. The summed E-state index contributed by atoms with van der Waals surface area (Å²) in [6.07, 6.45) is 2.66. The minimum atomic E-state index is -0.0581. The number of aromatic hydroxyl groups is 2. The molecule has 0 heterocycles. The van der Waals surface area contributed by atoms with Gasteiger partial charge in [0.25, 0.3) is 0 Å². The van der Waals surface area contributed by atoms with Gasteiger partial charge in [-0.1, -0.05) is 48.9 Å². The van der Waals surface area contributed by atoms with Gasteiger partial charge in [-0.15, -0.1) is 0 Å². The summed E-state index contributed by atoms with van der Waals surface area (Å²) < 4.78 is 0. The van der Waals surface area contributed by atoms with E-state index < -0.39 is 0 Å². The minimum absolute atomic E-state index is 0. The Balaban J connectivity index is 0.000000327. The summed E-state index contributed by atoms with van der Waals surface area (Å²) in [6.45, 7) is 6.01. The number of hydrogen-bond acceptors (Lipinski definition) is 4. The number of nitrogens with zero attached hydrogens (tertiary/aromatic N) is 2. The first-order valence-electron chi connectivity index (χ1n) is 9.20. The third-order valence-corrected chi connectivity index (χ3v) is 3.94. The van der Waals surface area contributed by atoms with Crippen LogP contribution in [0.2, 0.25) is 0 Å². The van der Waals surface area contributed by atoms with Crippen LogP contribution in [-0.4, -0.2) is 22.1 Å². The van der Waals surface area contributed by atoms with Crippen LogP contribution in [-0.2, 0) is 26.8 Å². The zero-order valence-corrected chi connectivity index (χ0v) is 18.4. The van der Waals surface area contributed by atoms with Gasteiger partial charge in [-0.05, 0) is 62.2 Å². The number of phenols is 2. The number of rotatable bonds is 4. The van der Waals surface area contributed by atoms with Crippen molar-refractivity contribution in [1.82, 2.24) is 0 Å². The molecule has 0 aliphatic heterocycles. The predicted molar refractivity (Wildman–Crippen MR) is 118 cm³/mol. The summed E-state index contributed by atoms with van der Waals surface area (Å²) in [5.41, 5.74) is 5.05. The molecule has 3 aromatic carbocycles. The van der Waals surface area contributed by atoms with E-state index in [1.807, 2.05) is 56.3 Å². The summed E-state index contributed by atoms with van der Waals surface area (Å²) >= 11 is 0. The molecule has 4 nitrogen and oxygen atoms in total. The summed E-state index contributed by atoms with van der Waals surface area (Å²) in [5, 5.41) is 17.9. The van der Waals surface area contributed by atoms with E-state index in [1.54, 1.807) is 18.3 Å². The molecule has 0 saturated heterocycles. The normalized spacial score (nSPS) is 10.8. The Morgan fingerprint density at radius 2 is 1.52 bits per heavy atom. The maximum Gasteiger partial charge on any atom is 0.157 e. The van der Waals surface area contributed by atoms with Gasteiger partial charge in [0.05, 0.1) is 17.1 Å². The first-order chi connectivity index (χ1) is 13.5. The standard InChI is InChI=1S/C16H16N2.C8H10O2.Pd/c1-13-8-10-16(11-9-13)18-14(2)12-17-15-6-4-3-5-7-15;1-2-6-3-4-7(9)8(10)5-6;/h3-12H,1-2H3;3-5,9-10H,2H2,1H3;. The quantitative estimate of drug-likeness (QED) is 0.267. The Morgan fingerprint density at radius 3 is 2.10 bits per heavy atom. The molecule has 5 heteroatoms. The average Bonchev–Trinajstić information content (AvgIpc) is 2.71. The van der Waals surface area contributed by atoms with Gasteiger partial charge < -0.3 is 10.2 Å². The number of benzene rings is 3. The number of aryl methyl sites for hydroxylation is 2. The van der Waals surface area contributed by atoms with Crippen molar-refractivity contribution in [2.45, 2.75) is 27.2 Å². The molecule has 0 aliphatic carbocycles. The molecule has 29 heavy (non-hydrogen) atoms. The number of para-hydroxylation sites is 1. The van der Waals surface area contributed by atoms with Crippen LogP contribution in [0.15, 0.2) is 82.8 Å². The molecule has 154 valence electrons. The molecular formula is C24H26N2O2Pd. The second-order valence-corrected chi connectivity index (χ2v) is 6.36. The molecule has 0 aromatic heterocycles. The van der Waals surface area contributed by atoms with Gasteiger partial charge in [0.1, 0.15) is 0 Å². The Bertz CT molecular complexity index is 937. The van der Waals surface area contributed by atoms with Crippen LogP contribution in [0.5, 0.6) is 11.5 Å². The monoisotopic (exact) mass is 480 g/mol. The molecule has 3 aromatic rings. The molecule has 0 radical (unpaired) electrons. The van der Waals surface area contributed by atoms with Crippen molar-refractivity contribution in [3.05, 3.63) is 83.9 Å². The van der Waals surface area contributed by atoms with Crippen molar-refractivity contribution in [2.24, 2.45) is 9.98 Å². The van der Waals surface area contributed by atoms with E-state index in [0.29, 0.717) is 0 Å². The number of phenolic OH excluding ortho intramolecular Hbond substituents is 2. The fourth-order valence-corrected chi connectivity index (χ4v) is 2.32. The molecule has 0 aliphatic rings. The third kappa shape index (κ3) is 8.87. The van der Waals surface area contributed by atoms with Gasteiger partial charge in [0.2, 0.25) is 0 Å². The van der Waals surface area contributed by atoms with Gasteiger partial charge in [0.15, 0.2) is 11.5 Å². The van der Waals surface area contributed by atoms with Crippen LogP contribution in [0.1, 0.15) is 25.0 Å². The SMILES string of the molecule is CC(C=Nc1ccccc1)=Nc1ccc(C)cc1.CCc1ccc(O)c(O)c1.[Pd]. The summed E-state index contributed by atoms with van der Waals surface area (Å²) in [5.74, 6) is -0.100. The first-order valence-corrected chi connectivity index (χ1v) is 9.20. The fraction of sp³-hybridized carbons (Fsp3) is 0.167. The molecular weight excluding hydrogens is 455 g/mol. The summed E-state index contributed by atoms with van der Waals surface area (Å²) in [4.78, 5) is 8.85. The van der Waals surface area contributed by atoms with E-state index >= 15 is 0 Å². The van der Waals surface area contributed by atoms with Crippen LogP contribution in [0.4, 0.5) is 11.4 Å². The second-order valence-electron chi connectivity index (χ2n) is 6.36. The van der Waals surface area contributed by atoms with E-state index in [4.69, 9.17) is 10.2 Å². The first kappa shape index (κ1) is 24.3. The van der Waals surface area contributed by atoms with E-state index in [0.717, 1.165) is 29.1 Å². The second kappa shape index (κ2) is 12.7. The van der Waals surface area contributed by atoms with Crippen molar-refractivity contribution in [3.8, 4) is 11.5 Å². The van der Waals surface area contributed by atoms with E-state index in [-0.39, 0.29) is 31.9 Å². The molecule has 0 spiro atoms. The smallest absolute Gasteiger partial charge is 0.157 e. The molecule has 2 N–H and O–H groups in total. The summed E-state index contributed by atoms with van der Waals surface area (Å²) in [7, 11) is 0. The zero-order chi connectivity index (χ0) is 20.4. The van der Waals surface area contributed by atoms with Crippen molar-refractivity contribution >= 4 is 23.3 Å². The Labute approximate surface area is 186 Å². The van der Waals surface area contributed by atoms with Gasteiger partial charge in [0, 0.05) is 26.6 Å². The van der Waals surface area contributed by atoms with Crippen LogP contribution in [0, 0.1) is 6.92 Å². The molecule has 3 rings (SSSR count). The topological polar surface area (TPSA) is 65.2 Å². The molecule has 0 fully saturated rings. The van der Waals surface area contributed by atoms with E-state index in [2.05, 4.69) is 29.0 Å². The molecule has 0 bridgehead atoms. The third-order valence-electron chi connectivity index (χ3n) is 3.94. The molecule has 0 unspecified atom stereocenters. The van der Waals surface area contributed by atoms with Gasteiger partial charge >= 0.3 is 0 Å². The van der Waals surface area contributed by atoms with Crippen LogP contribution in [0.25, 0.3) is 0 Å². The molecule has 0 saturated carbocycles. The fourth-order valence-electron chi connectivity index (χ4n) is 2.32. The van der Waals surface area contributed by atoms with Crippen LogP contribution in [0.3, 0.4) is 0 Å². The Morgan fingerprint density at radius 1 is 0.862 bits per heavy atom. The number of hydrogen-bond donors (Lipinski definition) is 2. The van der Waals surface area contributed by atoms with Gasteiger partial charge in [-0.2, -0.15) is 0 Å². The van der Waals surface area contributed by atoms with Gasteiger partial charge in [-0.3, -0.25) is 9.98 Å². The van der Waals surface area contributed by atoms with Crippen molar-refractivity contribution in [3.63, 3.8) is 0 Å². The minimum Gasteiger partial charge on any atom is -0.504 e. The summed E-state index contributed by atoms with van der Waals surface area (Å²) in [6, 6.07) is 22.8. The molecule has 0 atom stereocenters. The van der Waals surface area contributed by atoms with Crippen molar-refractivity contribution < 1.29 is 30.6 Å². The molecule has 0 amide bonds. The van der Waals surface area contributed by atoms with Crippen LogP contribution >= 0.6 is 0 Å². The van der Waals surface area contributed by atoms with Crippen LogP contribution < -0.4 is 0 Å². The van der Waals surface area contributed by atoms with Crippen molar-refractivity contribution in [1.29, 1.82) is 0 Å². The average molecular weight is 481 g/mol.